The fraction of sp³-hybridized carbons (Fsp3) is 0.235. The lowest BCUT2D eigenvalue weighted by molar-refractivity contribution is -0.130. The van der Waals surface area contributed by atoms with Crippen LogP contribution >= 0.6 is 50.7 Å². The molecule has 0 saturated carbocycles. The molecule has 3 N–H and O–H groups in total. The van der Waals surface area contributed by atoms with Crippen LogP contribution in [-0.4, -0.2) is 42.2 Å². The summed E-state index contributed by atoms with van der Waals surface area (Å²) in [6, 6.07) is 27.7. The predicted octanol–water partition coefficient (Wildman–Crippen LogP) is 7.53. The summed E-state index contributed by atoms with van der Waals surface area (Å²) in [7, 11) is 0. The normalized spacial score (nSPS) is 17.4. The van der Waals surface area contributed by atoms with E-state index in [2.05, 4.69) is 26.8 Å². The third-order valence-electron chi connectivity index (χ3n) is 7.29. The zero-order chi connectivity index (χ0) is 31.8. The van der Waals surface area contributed by atoms with Crippen molar-refractivity contribution in [2.24, 2.45) is 4.99 Å². The lowest BCUT2D eigenvalue weighted by Gasteiger charge is -2.31. The van der Waals surface area contributed by atoms with E-state index in [4.69, 9.17) is 54.4 Å². The number of aliphatic hydroxyl groups is 1. The van der Waals surface area contributed by atoms with Gasteiger partial charge in [-0.3, -0.25) is 10.2 Å². The summed E-state index contributed by atoms with van der Waals surface area (Å²) in [6.07, 6.45) is 0.514. The molecule has 4 aromatic rings. The number of halogens is 4. The Morgan fingerprint density at radius 1 is 0.956 bits per heavy atom. The van der Waals surface area contributed by atoms with Crippen molar-refractivity contribution < 1.29 is 19.4 Å². The second-order valence-electron chi connectivity index (χ2n) is 10.5. The Morgan fingerprint density at radius 3 is 2.42 bits per heavy atom. The average molecular weight is 732 g/mol. The highest BCUT2D eigenvalue weighted by atomic mass is 79.9. The molecule has 0 spiro atoms. The molecule has 0 unspecified atom stereocenters. The van der Waals surface area contributed by atoms with Gasteiger partial charge in [-0.1, -0.05) is 81.1 Å². The molecule has 0 aromatic heterocycles. The molecule has 1 heterocycles. The van der Waals surface area contributed by atoms with Crippen LogP contribution in [0.25, 0.3) is 0 Å². The van der Waals surface area contributed by atoms with Gasteiger partial charge in [0.1, 0.15) is 5.75 Å². The molecule has 234 valence electrons. The number of carbonyl (C=O) groups excluding carboxylic acids is 1. The summed E-state index contributed by atoms with van der Waals surface area (Å²) in [5.41, 5.74) is 7.68. The summed E-state index contributed by atoms with van der Waals surface area (Å²) in [4.78, 5) is 19.4. The lowest BCUT2D eigenvalue weighted by Crippen LogP contribution is -2.54. The van der Waals surface area contributed by atoms with Crippen molar-refractivity contribution in [3.8, 4) is 5.75 Å². The number of aliphatic hydroxyl groups excluding tert-OH is 1. The Labute approximate surface area is 285 Å². The average Bonchev–Trinajstić information content (AvgIpc) is 3.41. The molecule has 0 fully saturated rings. The third kappa shape index (κ3) is 8.38. The third-order valence-corrected chi connectivity index (χ3v) is 8.62. The number of amides is 1. The van der Waals surface area contributed by atoms with Crippen LogP contribution in [0.3, 0.4) is 0 Å². The highest BCUT2D eigenvalue weighted by Crippen LogP contribution is 2.45. The van der Waals surface area contributed by atoms with E-state index in [1.807, 2.05) is 60.7 Å². The number of benzene rings is 4. The minimum Gasteiger partial charge on any atom is -0.494 e. The lowest BCUT2D eigenvalue weighted by atomic mass is 9.82. The molecule has 0 aliphatic carbocycles. The number of rotatable bonds is 13. The predicted molar refractivity (Wildman–Crippen MR) is 182 cm³/mol. The van der Waals surface area contributed by atoms with Gasteiger partial charge in [0, 0.05) is 56.7 Å². The van der Waals surface area contributed by atoms with Crippen molar-refractivity contribution in [1.29, 1.82) is 0 Å². The quantitative estimate of drug-likeness (QED) is 0.0978. The maximum atomic E-state index is 14.3. The topological polar surface area (TPSA) is 92.2 Å². The minimum absolute atomic E-state index is 0.0509. The van der Waals surface area contributed by atoms with Gasteiger partial charge in [0.05, 0.1) is 6.61 Å². The van der Waals surface area contributed by atoms with Gasteiger partial charge in [-0.15, -0.1) is 0 Å². The maximum Gasteiger partial charge on any atom is 0.266 e. The number of nitrogens with zero attached hydrogens (tertiary/aromatic N) is 1. The molecule has 1 aliphatic heterocycles. The highest BCUT2D eigenvalue weighted by molar-refractivity contribution is 9.10. The number of aliphatic imine (C=N–C) groups is 1. The molecular formula is C34H31BrCl3N3O4. The Hall–Kier alpha value is -3.11. The van der Waals surface area contributed by atoms with Crippen LogP contribution in [0.1, 0.15) is 34.8 Å². The van der Waals surface area contributed by atoms with Crippen molar-refractivity contribution in [2.75, 3.05) is 19.8 Å². The van der Waals surface area contributed by atoms with Crippen molar-refractivity contribution in [3.63, 3.8) is 0 Å². The first kappa shape index (κ1) is 33.3. The molecule has 4 aromatic carbocycles. The molecule has 2 atom stereocenters. The van der Waals surface area contributed by atoms with E-state index in [1.165, 1.54) is 0 Å². The summed E-state index contributed by atoms with van der Waals surface area (Å²) in [6.45, 7) is 0.905. The van der Waals surface area contributed by atoms with Crippen LogP contribution in [0.15, 0.2) is 100 Å². The number of carbonyl (C=O) groups is 1. The first-order valence-corrected chi connectivity index (χ1v) is 16.3. The Kier molecular flexibility index (Phi) is 11.4. The molecule has 0 bridgehead atoms. The summed E-state index contributed by atoms with van der Waals surface area (Å²) >= 11 is 22.6. The SMILES string of the molecule is O=C(NNCCc1cccc(Cl)c1)[C@@]1(Cc2ccc(Br)cc2)N=C(c2ccc(OCCCO)cc2)O[C@H]1c1ccc(Cl)cc1Cl. The van der Waals surface area contributed by atoms with Crippen molar-refractivity contribution in [1.82, 2.24) is 10.9 Å². The molecule has 0 radical (unpaired) electrons. The van der Waals surface area contributed by atoms with Crippen molar-refractivity contribution in [2.45, 2.75) is 30.9 Å². The van der Waals surface area contributed by atoms with Crippen LogP contribution < -0.4 is 15.6 Å². The zero-order valence-electron chi connectivity index (χ0n) is 24.1. The number of hydrogen-bond acceptors (Lipinski definition) is 6. The molecular weight excluding hydrogens is 701 g/mol. The second kappa shape index (κ2) is 15.5. The van der Waals surface area contributed by atoms with Gasteiger partial charge in [-0.05, 0) is 78.2 Å². The molecule has 7 nitrogen and oxygen atoms in total. The number of ether oxygens (including phenoxy) is 2. The minimum atomic E-state index is -1.44. The van der Waals surface area contributed by atoms with Crippen LogP contribution in [0.2, 0.25) is 15.1 Å². The number of hydrazine groups is 1. The van der Waals surface area contributed by atoms with Gasteiger partial charge in [0.15, 0.2) is 11.6 Å². The largest absolute Gasteiger partial charge is 0.494 e. The van der Waals surface area contributed by atoms with E-state index in [-0.39, 0.29) is 18.9 Å². The van der Waals surface area contributed by atoms with Gasteiger partial charge in [-0.2, -0.15) is 0 Å². The summed E-state index contributed by atoms with van der Waals surface area (Å²) in [5, 5.41) is 10.5. The molecule has 45 heavy (non-hydrogen) atoms. The van der Waals surface area contributed by atoms with E-state index in [1.54, 1.807) is 30.3 Å². The van der Waals surface area contributed by atoms with E-state index in [9.17, 15) is 4.79 Å². The standard InChI is InChI=1S/C34H31BrCl3N3O4/c35-25-9-5-23(6-10-25)21-34(33(43)41-39-16-15-22-3-1-4-26(36)19-22)31(29-14-11-27(37)20-30(29)38)45-32(40-34)24-7-12-28(13-8-24)44-18-2-17-42/h1,3-14,19-20,31,39,42H,2,15-18,21H2,(H,41,43)/t31-,34-/m0/s1. The van der Waals surface area contributed by atoms with Gasteiger partial charge >= 0.3 is 0 Å². The van der Waals surface area contributed by atoms with E-state index in [0.29, 0.717) is 63.8 Å². The van der Waals surface area contributed by atoms with E-state index < -0.39 is 11.6 Å². The smallest absolute Gasteiger partial charge is 0.266 e. The van der Waals surface area contributed by atoms with Gasteiger partial charge in [0.25, 0.3) is 5.91 Å². The van der Waals surface area contributed by atoms with E-state index in [0.717, 1.165) is 15.6 Å². The molecule has 0 saturated heterocycles. The van der Waals surface area contributed by atoms with Crippen molar-refractivity contribution in [3.05, 3.63) is 133 Å². The van der Waals surface area contributed by atoms with Crippen LogP contribution in [0.5, 0.6) is 5.75 Å². The van der Waals surface area contributed by atoms with Crippen molar-refractivity contribution >= 4 is 62.5 Å². The highest BCUT2D eigenvalue weighted by Gasteiger charge is 2.54. The molecule has 1 aliphatic rings. The fourth-order valence-electron chi connectivity index (χ4n) is 5.04. The fourth-order valence-corrected chi connectivity index (χ4v) is 6.02. The Bertz CT molecular complexity index is 1650. The van der Waals surface area contributed by atoms with Crippen LogP contribution in [-0.2, 0) is 22.4 Å². The first-order chi connectivity index (χ1) is 21.8. The number of nitrogens with one attached hydrogen (secondary N) is 2. The molecule has 1 amide bonds. The first-order valence-electron chi connectivity index (χ1n) is 14.3. The van der Waals surface area contributed by atoms with Crippen LogP contribution in [0, 0.1) is 0 Å². The second-order valence-corrected chi connectivity index (χ2v) is 12.7. The number of hydrogen-bond donors (Lipinski definition) is 3. The molecule has 11 heteroatoms. The maximum absolute atomic E-state index is 14.3. The van der Waals surface area contributed by atoms with Gasteiger partial charge < -0.3 is 14.6 Å². The van der Waals surface area contributed by atoms with Gasteiger partial charge in [-0.25, -0.2) is 10.4 Å². The Balaban J connectivity index is 1.49. The van der Waals surface area contributed by atoms with Gasteiger partial charge in [0.2, 0.25) is 5.90 Å². The zero-order valence-corrected chi connectivity index (χ0v) is 28.0. The summed E-state index contributed by atoms with van der Waals surface area (Å²) < 4.78 is 13.2. The monoisotopic (exact) mass is 729 g/mol. The molecule has 5 rings (SSSR count). The van der Waals surface area contributed by atoms with E-state index >= 15 is 0 Å². The Morgan fingerprint density at radius 2 is 1.71 bits per heavy atom. The van der Waals surface area contributed by atoms with Crippen LogP contribution in [0.4, 0.5) is 0 Å². The summed E-state index contributed by atoms with van der Waals surface area (Å²) in [5.74, 6) is 0.552.